The summed E-state index contributed by atoms with van der Waals surface area (Å²) in [5.74, 6) is 1.30. The highest BCUT2D eigenvalue weighted by molar-refractivity contribution is 8.13. The number of aryl methyl sites for hydroxylation is 2. The number of hydrogen-bond acceptors (Lipinski definition) is 6. The molecule has 1 aromatic heterocycles. The molecule has 0 amide bonds. The van der Waals surface area contributed by atoms with Gasteiger partial charge in [-0.05, 0) is 48.2 Å². The minimum atomic E-state index is -0.346. The van der Waals surface area contributed by atoms with E-state index in [0.29, 0.717) is 18.1 Å². The van der Waals surface area contributed by atoms with Crippen LogP contribution in [0.1, 0.15) is 57.1 Å². The Labute approximate surface area is 188 Å². The normalized spacial score (nSPS) is 16.1. The van der Waals surface area contributed by atoms with E-state index in [1.807, 2.05) is 37.7 Å². The van der Waals surface area contributed by atoms with Gasteiger partial charge in [0.05, 0.1) is 5.69 Å². The Morgan fingerprint density at radius 2 is 1.84 bits per heavy atom. The number of aliphatic imine (C=N–C) groups is 1. The molecule has 1 unspecified atom stereocenters. The minimum Gasteiger partial charge on any atom is -0.455 e. The SMILES string of the molecule is CCSC(=O)OCO/C(=C(\c1ccc(C(C)(C)C)cc1)C1C=N1)c1cc(C)nn1CC. The molecule has 0 aliphatic carbocycles. The summed E-state index contributed by atoms with van der Waals surface area (Å²) < 4.78 is 13.3. The van der Waals surface area contributed by atoms with Gasteiger partial charge in [-0.1, -0.05) is 52.0 Å². The predicted molar refractivity (Wildman–Crippen MR) is 127 cm³/mol. The molecule has 0 radical (unpaired) electrons. The molecule has 1 aliphatic rings. The molecule has 0 saturated carbocycles. The second kappa shape index (κ2) is 9.73. The highest BCUT2D eigenvalue weighted by Crippen LogP contribution is 2.36. The largest absolute Gasteiger partial charge is 0.455 e. The summed E-state index contributed by atoms with van der Waals surface area (Å²) >= 11 is 1.12. The molecule has 31 heavy (non-hydrogen) atoms. The van der Waals surface area contributed by atoms with Gasteiger partial charge in [-0.25, -0.2) is 4.79 Å². The van der Waals surface area contributed by atoms with E-state index in [-0.39, 0.29) is 23.6 Å². The van der Waals surface area contributed by atoms with E-state index in [4.69, 9.17) is 9.47 Å². The van der Waals surface area contributed by atoms with Gasteiger partial charge in [0.1, 0.15) is 11.7 Å². The Kier molecular flexibility index (Phi) is 7.26. The minimum absolute atomic E-state index is 0.0586. The van der Waals surface area contributed by atoms with E-state index in [9.17, 15) is 4.79 Å². The molecule has 0 spiro atoms. The van der Waals surface area contributed by atoms with Gasteiger partial charge in [-0.3, -0.25) is 9.67 Å². The molecule has 1 aliphatic heterocycles. The summed E-state index contributed by atoms with van der Waals surface area (Å²) in [6.45, 7) is 13.0. The van der Waals surface area contributed by atoms with Crippen molar-refractivity contribution in [3.05, 3.63) is 52.8 Å². The lowest BCUT2D eigenvalue weighted by Crippen LogP contribution is -2.12. The van der Waals surface area contributed by atoms with Crippen LogP contribution in [-0.4, -0.2) is 39.9 Å². The number of ether oxygens (including phenoxy) is 2. The van der Waals surface area contributed by atoms with Crippen molar-refractivity contribution in [3.63, 3.8) is 0 Å². The Hall–Kier alpha value is -2.54. The second-order valence-electron chi connectivity index (χ2n) is 8.39. The lowest BCUT2D eigenvalue weighted by atomic mass is 9.86. The van der Waals surface area contributed by atoms with Crippen molar-refractivity contribution in [2.24, 2.45) is 4.99 Å². The van der Waals surface area contributed by atoms with Crippen LogP contribution in [0, 0.1) is 6.92 Å². The van der Waals surface area contributed by atoms with Crippen LogP contribution < -0.4 is 0 Å². The molecule has 0 bridgehead atoms. The molecule has 0 fully saturated rings. The van der Waals surface area contributed by atoms with E-state index in [1.54, 1.807) is 0 Å². The molecule has 2 heterocycles. The summed E-state index contributed by atoms with van der Waals surface area (Å²) in [4.78, 5) is 16.2. The zero-order valence-corrected chi connectivity index (χ0v) is 20.0. The van der Waals surface area contributed by atoms with Crippen LogP contribution >= 0.6 is 11.8 Å². The quantitative estimate of drug-likeness (QED) is 0.299. The highest BCUT2D eigenvalue weighted by Gasteiger charge is 2.29. The Balaban J connectivity index is 2.03. The van der Waals surface area contributed by atoms with Crippen molar-refractivity contribution in [3.8, 4) is 0 Å². The maximum Gasteiger partial charge on any atom is 0.370 e. The first kappa shape index (κ1) is 23.1. The van der Waals surface area contributed by atoms with Crippen LogP contribution in [0.4, 0.5) is 4.79 Å². The van der Waals surface area contributed by atoms with Crippen molar-refractivity contribution in [1.82, 2.24) is 9.78 Å². The Bertz CT molecular complexity index is 978. The maximum absolute atomic E-state index is 11.8. The standard InChI is InChI=1S/C24H31N3O3S/c1-7-27-20(13-16(3)26-27)22(29-15-30-23(28)31-8-2)21(19-14-25-19)17-9-11-18(12-10-17)24(4,5)6/h9-14,19H,7-8,15H2,1-6H3/b22-21+. The van der Waals surface area contributed by atoms with Crippen LogP contribution in [0.2, 0.25) is 0 Å². The fraction of sp³-hybridized carbons (Fsp3) is 0.458. The number of nitrogens with zero attached hydrogens (tertiary/aromatic N) is 3. The van der Waals surface area contributed by atoms with E-state index < -0.39 is 0 Å². The molecule has 3 rings (SSSR count). The monoisotopic (exact) mass is 441 g/mol. The second-order valence-corrected chi connectivity index (χ2v) is 9.59. The number of rotatable bonds is 8. The first-order chi connectivity index (χ1) is 14.7. The zero-order valence-electron chi connectivity index (χ0n) is 19.1. The summed E-state index contributed by atoms with van der Waals surface area (Å²) in [6.07, 6.45) is 1.90. The summed E-state index contributed by atoms with van der Waals surface area (Å²) in [5.41, 5.74) is 5.06. The lowest BCUT2D eigenvalue weighted by molar-refractivity contribution is 0.0586. The van der Waals surface area contributed by atoms with E-state index in [2.05, 4.69) is 55.1 Å². The molecule has 0 saturated heterocycles. The molecule has 0 N–H and O–H groups in total. The van der Waals surface area contributed by atoms with E-state index >= 15 is 0 Å². The van der Waals surface area contributed by atoms with Crippen LogP contribution in [-0.2, 0) is 21.4 Å². The van der Waals surface area contributed by atoms with E-state index in [0.717, 1.165) is 34.3 Å². The topological polar surface area (TPSA) is 65.7 Å². The summed E-state index contributed by atoms with van der Waals surface area (Å²) in [7, 11) is 0. The average molecular weight is 442 g/mol. The van der Waals surface area contributed by atoms with Gasteiger partial charge < -0.3 is 9.47 Å². The third kappa shape index (κ3) is 5.79. The number of hydrogen-bond donors (Lipinski definition) is 0. The van der Waals surface area contributed by atoms with Crippen molar-refractivity contribution >= 4 is 34.6 Å². The Morgan fingerprint density at radius 1 is 1.16 bits per heavy atom. The smallest absolute Gasteiger partial charge is 0.370 e. The summed E-state index contributed by atoms with van der Waals surface area (Å²) in [6, 6.07) is 10.5. The maximum atomic E-state index is 11.8. The zero-order chi connectivity index (χ0) is 22.6. The Morgan fingerprint density at radius 3 is 2.39 bits per heavy atom. The molecule has 166 valence electrons. The molecule has 1 atom stereocenters. The predicted octanol–water partition coefficient (Wildman–Crippen LogP) is 5.69. The first-order valence-electron chi connectivity index (χ1n) is 10.6. The fourth-order valence-corrected chi connectivity index (χ4v) is 3.70. The molecular weight excluding hydrogens is 410 g/mol. The van der Waals surface area contributed by atoms with Gasteiger partial charge in [-0.15, -0.1) is 0 Å². The molecule has 7 heteroatoms. The van der Waals surface area contributed by atoms with Crippen molar-refractivity contribution in [2.45, 2.75) is 59.5 Å². The van der Waals surface area contributed by atoms with Gasteiger partial charge in [0.25, 0.3) is 0 Å². The highest BCUT2D eigenvalue weighted by atomic mass is 32.2. The number of aromatic nitrogens is 2. The van der Waals surface area contributed by atoms with Crippen LogP contribution in [0.25, 0.3) is 11.3 Å². The van der Waals surface area contributed by atoms with Gasteiger partial charge >= 0.3 is 5.30 Å². The van der Waals surface area contributed by atoms with E-state index in [1.165, 1.54) is 5.56 Å². The average Bonchev–Trinajstić information content (AvgIpc) is 3.48. The molecule has 1 aromatic carbocycles. The van der Waals surface area contributed by atoms with Crippen molar-refractivity contribution in [2.75, 3.05) is 12.5 Å². The third-order valence-electron chi connectivity index (χ3n) is 4.98. The first-order valence-corrected chi connectivity index (χ1v) is 11.6. The van der Waals surface area contributed by atoms with Crippen LogP contribution in [0.15, 0.2) is 35.3 Å². The fourth-order valence-electron chi connectivity index (χ4n) is 3.33. The number of thioether (sulfide) groups is 1. The summed E-state index contributed by atoms with van der Waals surface area (Å²) in [5, 5.41) is 4.23. The van der Waals surface area contributed by atoms with Gasteiger partial charge in [0.15, 0.2) is 5.76 Å². The van der Waals surface area contributed by atoms with Crippen molar-refractivity contribution < 1.29 is 14.3 Å². The lowest BCUT2D eigenvalue weighted by Gasteiger charge is -2.20. The van der Waals surface area contributed by atoms with Gasteiger partial charge in [-0.2, -0.15) is 5.10 Å². The number of benzene rings is 1. The number of carbonyl (C=O) groups excluding carboxylic acids is 1. The molecule has 2 aromatic rings. The van der Waals surface area contributed by atoms with Gasteiger partial charge in [0, 0.05) is 24.1 Å². The van der Waals surface area contributed by atoms with Crippen LogP contribution in [0.3, 0.4) is 0 Å². The van der Waals surface area contributed by atoms with Gasteiger partial charge in [0.2, 0.25) is 6.79 Å². The van der Waals surface area contributed by atoms with Crippen LogP contribution in [0.5, 0.6) is 0 Å². The molecule has 6 nitrogen and oxygen atoms in total. The third-order valence-corrected chi connectivity index (χ3v) is 5.62. The number of carbonyl (C=O) groups is 1. The molecular formula is C24H31N3O3S. The van der Waals surface area contributed by atoms with Crippen molar-refractivity contribution in [1.29, 1.82) is 0 Å².